The van der Waals surface area contributed by atoms with Crippen LogP contribution in [0.3, 0.4) is 0 Å². The minimum absolute atomic E-state index is 0.0537. The van der Waals surface area contributed by atoms with Crippen molar-refractivity contribution >= 4 is 11.9 Å². The van der Waals surface area contributed by atoms with Gasteiger partial charge in [-0.3, -0.25) is 9.69 Å². The number of halogens is 3. The van der Waals surface area contributed by atoms with Gasteiger partial charge in [-0.2, -0.15) is 13.2 Å². The molecule has 0 aromatic rings. The van der Waals surface area contributed by atoms with E-state index >= 15 is 0 Å². The summed E-state index contributed by atoms with van der Waals surface area (Å²) in [7, 11) is 0. The molecule has 0 aliphatic carbocycles. The van der Waals surface area contributed by atoms with Crippen molar-refractivity contribution in [2.24, 2.45) is 5.92 Å². The molecule has 2 saturated heterocycles. The summed E-state index contributed by atoms with van der Waals surface area (Å²) in [5, 5.41) is 2.32. The highest BCUT2D eigenvalue weighted by Crippen LogP contribution is 2.24. The lowest BCUT2D eigenvalue weighted by Crippen LogP contribution is -2.61. The lowest BCUT2D eigenvalue weighted by atomic mass is 10.00. The first-order valence-corrected chi connectivity index (χ1v) is 4.65. The normalized spacial score (nSPS) is 30.3. The summed E-state index contributed by atoms with van der Waals surface area (Å²) in [6.45, 7) is -1.33. The Morgan fingerprint density at radius 3 is 2.69 bits per heavy atom. The molecule has 2 heterocycles. The van der Waals surface area contributed by atoms with Gasteiger partial charge in [0.1, 0.15) is 6.54 Å². The van der Waals surface area contributed by atoms with Crippen LogP contribution in [0, 0.1) is 5.92 Å². The van der Waals surface area contributed by atoms with E-state index < -0.39 is 36.6 Å². The van der Waals surface area contributed by atoms with Crippen LogP contribution >= 0.6 is 0 Å². The zero-order chi connectivity index (χ0) is 11.9. The number of carbonyl (C=O) groups excluding carboxylic acids is 2. The number of ether oxygens (including phenoxy) is 1. The molecular weight excluding hydrogens is 229 g/mol. The Kier molecular flexibility index (Phi) is 2.53. The maximum absolute atomic E-state index is 12.1. The molecule has 0 bridgehead atoms. The Bertz CT molecular complexity index is 331. The van der Waals surface area contributed by atoms with Crippen molar-refractivity contribution in [1.29, 1.82) is 0 Å². The van der Waals surface area contributed by atoms with Gasteiger partial charge < -0.3 is 10.1 Å². The first-order valence-electron chi connectivity index (χ1n) is 4.65. The van der Waals surface area contributed by atoms with Crippen LogP contribution in [0.5, 0.6) is 0 Å². The molecule has 1 N–H and O–H groups in total. The van der Waals surface area contributed by atoms with Gasteiger partial charge in [-0.05, 0) is 0 Å². The van der Waals surface area contributed by atoms with Gasteiger partial charge in [0.05, 0.1) is 25.2 Å². The second kappa shape index (κ2) is 3.62. The van der Waals surface area contributed by atoms with E-state index in [0.717, 1.165) is 0 Å². The van der Waals surface area contributed by atoms with Crippen molar-refractivity contribution in [3.05, 3.63) is 0 Å². The topological polar surface area (TPSA) is 58.6 Å². The van der Waals surface area contributed by atoms with Gasteiger partial charge in [-0.15, -0.1) is 0 Å². The average Bonchev–Trinajstić information content (AvgIpc) is 2.58. The van der Waals surface area contributed by atoms with Crippen LogP contribution in [-0.4, -0.2) is 48.8 Å². The summed E-state index contributed by atoms with van der Waals surface area (Å²) >= 11 is 0. The number of nitrogens with one attached hydrogen (secondary N) is 1. The van der Waals surface area contributed by atoms with E-state index in [4.69, 9.17) is 4.74 Å². The van der Waals surface area contributed by atoms with Crippen molar-refractivity contribution in [1.82, 2.24) is 10.2 Å². The van der Waals surface area contributed by atoms with Gasteiger partial charge in [0, 0.05) is 0 Å². The molecule has 0 aromatic heterocycles. The van der Waals surface area contributed by atoms with E-state index in [-0.39, 0.29) is 18.1 Å². The SMILES string of the molecule is O=C1NC2COCC2C(=O)N1CC(F)(F)F. The minimum Gasteiger partial charge on any atom is -0.378 e. The van der Waals surface area contributed by atoms with Crippen LogP contribution in [0.1, 0.15) is 0 Å². The van der Waals surface area contributed by atoms with E-state index in [9.17, 15) is 22.8 Å². The van der Waals surface area contributed by atoms with Gasteiger partial charge in [0.25, 0.3) is 0 Å². The van der Waals surface area contributed by atoms with Crippen molar-refractivity contribution in [3.63, 3.8) is 0 Å². The van der Waals surface area contributed by atoms with E-state index in [2.05, 4.69) is 5.32 Å². The van der Waals surface area contributed by atoms with Crippen molar-refractivity contribution in [2.75, 3.05) is 19.8 Å². The highest BCUT2D eigenvalue weighted by molar-refractivity contribution is 5.99. The third-order valence-corrected chi connectivity index (χ3v) is 2.56. The maximum Gasteiger partial charge on any atom is 0.406 e. The number of imide groups is 1. The molecule has 2 rings (SSSR count). The molecule has 0 aromatic carbocycles. The second-order valence-corrected chi connectivity index (χ2v) is 3.74. The molecule has 8 heteroatoms. The predicted molar refractivity (Wildman–Crippen MR) is 44.4 cm³/mol. The number of amides is 3. The van der Waals surface area contributed by atoms with Crippen LogP contribution in [0.2, 0.25) is 0 Å². The van der Waals surface area contributed by atoms with Crippen LogP contribution in [0.4, 0.5) is 18.0 Å². The Balaban J connectivity index is 2.13. The number of fused-ring (bicyclic) bond motifs is 1. The van der Waals surface area contributed by atoms with Crippen molar-refractivity contribution in [3.8, 4) is 0 Å². The van der Waals surface area contributed by atoms with E-state index in [0.29, 0.717) is 0 Å². The zero-order valence-corrected chi connectivity index (χ0v) is 8.08. The quantitative estimate of drug-likeness (QED) is 0.705. The minimum atomic E-state index is -4.58. The Labute approximate surface area is 88.5 Å². The number of alkyl halides is 3. The summed E-state index contributed by atoms with van der Waals surface area (Å²) in [4.78, 5) is 23.0. The number of hydrogen-bond acceptors (Lipinski definition) is 3. The van der Waals surface area contributed by atoms with E-state index in [1.165, 1.54) is 0 Å². The highest BCUT2D eigenvalue weighted by atomic mass is 19.4. The largest absolute Gasteiger partial charge is 0.406 e. The molecule has 5 nitrogen and oxygen atoms in total. The van der Waals surface area contributed by atoms with Gasteiger partial charge >= 0.3 is 12.2 Å². The number of nitrogens with zero attached hydrogens (tertiary/aromatic N) is 1. The Hall–Kier alpha value is -1.31. The first-order chi connectivity index (χ1) is 7.38. The monoisotopic (exact) mass is 238 g/mol. The number of urea groups is 1. The fourth-order valence-corrected chi connectivity index (χ4v) is 1.81. The van der Waals surface area contributed by atoms with E-state index in [1.54, 1.807) is 0 Å². The summed E-state index contributed by atoms with van der Waals surface area (Å²) in [5.74, 6) is -1.51. The van der Waals surface area contributed by atoms with Crippen molar-refractivity contribution < 1.29 is 27.5 Å². The molecule has 0 radical (unpaired) electrons. The average molecular weight is 238 g/mol. The molecule has 3 amide bonds. The number of hydrogen-bond donors (Lipinski definition) is 1. The Morgan fingerprint density at radius 2 is 2.06 bits per heavy atom. The molecule has 0 saturated carbocycles. The lowest BCUT2D eigenvalue weighted by Gasteiger charge is -2.33. The lowest BCUT2D eigenvalue weighted by molar-refractivity contribution is -0.159. The number of rotatable bonds is 1. The third kappa shape index (κ3) is 1.97. The predicted octanol–water partition coefficient (Wildman–Crippen LogP) is 0.115. The Morgan fingerprint density at radius 1 is 1.38 bits per heavy atom. The van der Waals surface area contributed by atoms with Gasteiger partial charge in [0.2, 0.25) is 5.91 Å². The summed E-state index contributed by atoms with van der Waals surface area (Å²) < 4.78 is 41.3. The molecule has 16 heavy (non-hydrogen) atoms. The molecular formula is C8H9F3N2O3. The van der Waals surface area contributed by atoms with Crippen molar-refractivity contribution in [2.45, 2.75) is 12.2 Å². The zero-order valence-electron chi connectivity index (χ0n) is 8.08. The molecule has 2 aliphatic heterocycles. The second-order valence-electron chi connectivity index (χ2n) is 3.74. The third-order valence-electron chi connectivity index (χ3n) is 2.56. The fourth-order valence-electron chi connectivity index (χ4n) is 1.81. The molecule has 90 valence electrons. The van der Waals surface area contributed by atoms with Crippen LogP contribution in [0.25, 0.3) is 0 Å². The fraction of sp³-hybridized carbons (Fsp3) is 0.750. The molecule has 2 aliphatic rings. The molecule has 2 unspecified atom stereocenters. The maximum atomic E-state index is 12.1. The standard InChI is InChI=1S/C8H9F3N2O3/c9-8(10,11)3-13-6(14)4-1-16-2-5(4)12-7(13)15/h4-5H,1-3H2,(H,12,15). The van der Waals surface area contributed by atoms with E-state index in [1.807, 2.05) is 0 Å². The summed E-state index contributed by atoms with van der Waals surface area (Å²) in [6.07, 6.45) is -4.58. The van der Waals surface area contributed by atoms with Crippen LogP contribution in [-0.2, 0) is 9.53 Å². The number of carbonyl (C=O) groups is 2. The summed E-state index contributed by atoms with van der Waals surface area (Å²) in [6, 6.07) is -1.50. The first kappa shape index (κ1) is 11.2. The molecule has 2 fully saturated rings. The van der Waals surface area contributed by atoms with Gasteiger partial charge in [-0.25, -0.2) is 4.79 Å². The molecule has 0 spiro atoms. The molecule has 2 atom stereocenters. The van der Waals surface area contributed by atoms with Crippen LogP contribution < -0.4 is 5.32 Å². The highest BCUT2D eigenvalue weighted by Gasteiger charge is 2.47. The van der Waals surface area contributed by atoms with Gasteiger partial charge in [0.15, 0.2) is 0 Å². The van der Waals surface area contributed by atoms with Crippen LogP contribution in [0.15, 0.2) is 0 Å². The van der Waals surface area contributed by atoms with Gasteiger partial charge in [-0.1, -0.05) is 0 Å². The summed E-state index contributed by atoms with van der Waals surface area (Å²) in [5.41, 5.74) is 0. The smallest absolute Gasteiger partial charge is 0.378 e.